The summed E-state index contributed by atoms with van der Waals surface area (Å²) in [5.74, 6) is 0. The number of hydrogen-bond acceptors (Lipinski definition) is 5. The second kappa shape index (κ2) is 6.33. The Balaban J connectivity index is 1.94. The maximum atomic E-state index is 12.0. The van der Waals surface area contributed by atoms with Gasteiger partial charge in [-0.2, -0.15) is 10.2 Å². The Morgan fingerprint density at radius 3 is 2.71 bits per heavy atom. The van der Waals surface area contributed by atoms with Crippen LogP contribution in [0.2, 0.25) is 0 Å². The van der Waals surface area contributed by atoms with E-state index in [1.165, 1.54) is 18.0 Å². The van der Waals surface area contributed by atoms with Crippen molar-refractivity contribution in [1.82, 2.24) is 24.9 Å². The summed E-state index contributed by atoms with van der Waals surface area (Å²) in [5.41, 5.74) is 4.14. The molecule has 3 rings (SSSR count). The summed E-state index contributed by atoms with van der Waals surface area (Å²) >= 11 is 0. The van der Waals surface area contributed by atoms with Crippen LogP contribution in [0.15, 0.2) is 11.1 Å². The summed E-state index contributed by atoms with van der Waals surface area (Å²) in [7, 11) is -1.33. The van der Waals surface area contributed by atoms with Crippen LogP contribution in [-0.4, -0.2) is 46.1 Å². The topological polar surface area (TPSA) is 83.9 Å². The van der Waals surface area contributed by atoms with Crippen molar-refractivity contribution in [1.29, 1.82) is 0 Å². The zero-order valence-electron chi connectivity index (χ0n) is 14.7. The standard InChI is InChI=1S/C16H25N5O2S/c1-11-13(12(2)20(3)19-11)10-21-8-6-5-7-14(21)16-15(9-17-18-16)24(4,22)23/h9,14H,5-8,10H2,1-4H3,(H,17,18)/t14-/m1/s1. The first-order valence-electron chi connectivity index (χ1n) is 8.25. The molecule has 0 radical (unpaired) electrons. The third-order valence-corrected chi connectivity index (χ3v) is 6.12. The van der Waals surface area contributed by atoms with Gasteiger partial charge >= 0.3 is 0 Å². The van der Waals surface area contributed by atoms with E-state index in [1.54, 1.807) is 0 Å². The van der Waals surface area contributed by atoms with Gasteiger partial charge in [-0.25, -0.2) is 8.42 Å². The largest absolute Gasteiger partial charge is 0.290 e. The minimum atomic E-state index is -3.28. The van der Waals surface area contributed by atoms with Gasteiger partial charge in [0.15, 0.2) is 9.84 Å². The zero-order chi connectivity index (χ0) is 17.5. The van der Waals surface area contributed by atoms with Crippen molar-refractivity contribution >= 4 is 9.84 Å². The van der Waals surface area contributed by atoms with Gasteiger partial charge in [0.25, 0.3) is 0 Å². The molecule has 0 bridgehead atoms. The van der Waals surface area contributed by atoms with Gasteiger partial charge in [-0.1, -0.05) is 6.42 Å². The van der Waals surface area contributed by atoms with E-state index < -0.39 is 9.84 Å². The highest BCUT2D eigenvalue weighted by Crippen LogP contribution is 2.34. The average Bonchev–Trinajstić information content (AvgIpc) is 3.09. The van der Waals surface area contributed by atoms with Gasteiger partial charge in [0, 0.05) is 31.1 Å². The number of H-pyrrole nitrogens is 1. The van der Waals surface area contributed by atoms with Crippen LogP contribution in [-0.2, 0) is 23.4 Å². The Morgan fingerprint density at radius 2 is 2.08 bits per heavy atom. The summed E-state index contributed by atoms with van der Waals surface area (Å²) in [5, 5.41) is 11.4. The number of piperidine rings is 1. The number of hydrogen-bond donors (Lipinski definition) is 1. The molecule has 0 aliphatic carbocycles. The first-order chi connectivity index (χ1) is 11.3. The first-order valence-corrected chi connectivity index (χ1v) is 10.1. The first kappa shape index (κ1) is 17.2. The Bertz CT molecular complexity index is 837. The zero-order valence-corrected chi connectivity index (χ0v) is 15.5. The molecule has 7 nitrogen and oxygen atoms in total. The average molecular weight is 351 g/mol. The van der Waals surface area contributed by atoms with Crippen molar-refractivity contribution in [2.75, 3.05) is 12.8 Å². The summed E-state index contributed by atoms with van der Waals surface area (Å²) in [6, 6.07) is 0.0463. The molecular weight excluding hydrogens is 326 g/mol. The molecule has 24 heavy (non-hydrogen) atoms. The van der Waals surface area contributed by atoms with Gasteiger partial charge in [-0.05, 0) is 33.2 Å². The number of rotatable bonds is 4. The molecule has 1 N–H and O–H groups in total. The fourth-order valence-electron chi connectivity index (χ4n) is 3.58. The molecule has 1 aliphatic heterocycles. The van der Waals surface area contributed by atoms with Crippen LogP contribution in [0.3, 0.4) is 0 Å². The molecule has 132 valence electrons. The highest BCUT2D eigenvalue weighted by atomic mass is 32.2. The normalized spacial score (nSPS) is 19.8. The third kappa shape index (κ3) is 3.12. The molecule has 0 unspecified atom stereocenters. The second-order valence-corrected chi connectivity index (χ2v) is 8.66. The van der Waals surface area contributed by atoms with Gasteiger partial charge in [0.2, 0.25) is 0 Å². The predicted octanol–water partition coefficient (Wildman–Crippen LogP) is 1.89. The summed E-state index contributed by atoms with van der Waals surface area (Å²) in [6.45, 7) is 5.82. The van der Waals surface area contributed by atoms with Crippen LogP contribution in [0.25, 0.3) is 0 Å². The predicted molar refractivity (Wildman–Crippen MR) is 91.4 cm³/mol. The molecule has 0 aromatic carbocycles. The molecule has 8 heteroatoms. The number of likely N-dealkylation sites (tertiary alicyclic amines) is 1. The Kier molecular flexibility index (Phi) is 4.52. The van der Waals surface area contributed by atoms with Crippen molar-refractivity contribution in [3.8, 4) is 0 Å². The second-order valence-electron chi connectivity index (χ2n) is 6.68. The van der Waals surface area contributed by atoms with E-state index in [2.05, 4.69) is 27.1 Å². The summed E-state index contributed by atoms with van der Waals surface area (Å²) in [4.78, 5) is 2.67. The van der Waals surface area contributed by atoms with E-state index in [4.69, 9.17) is 0 Å². The number of aryl methyl sites for hydroxylation is 2. The van der Waals surface area contributed by atoms with E-state index in [0.717, 1.165) is 49.4 Å². The highest BCUT2D eigenvalue weighted by molar-refractivity contribution is 7.90. The summed E-state index contributed by atoms with van der Waals surface area (Å²) in [6.07, 6.45) is 5.82. The fraction of sp³-hybridized carbons (Fsp3) is 0.625. The van der Waals surface area contributed by atoms with E-state index in [0.29, 0.717) is 4.90 Å². The molecule has 0 saturated carbocycles. The number of aromatic amines is 1. The van der Waals surface area contributed by atoms with Crippen LogP contribution in [0.1, 0.15) is 47.9 Å². The highest BCUT2D eigenvalue weighted by Gasteiger charge is 2.31. The lowest BCUT2D eigenvalue weighted by molar-refractivity contribution is 0.134. The molecule has 1 fully saturated rings. The number of aromatic nitrogens is 4. The van der Waals surface area contributed by atoms with Crippen molar-refractivity contribution in [3.05, 3.63) is 28.8 Å². The number of nitrogens with zero attached hydrogens (tertiary/aromatic N) is 4. The minimum Gasteiger partial charge on any atom is -0.290 e. The van der Waals surface area contributed by atoms with E-state index in [1.807, 2.05) is 18.7 Å². The Labute approximate surface area is 143 Å². The quantitative estimate of drug-likeness (QED) is 0.909. The number of nitrogens with one attached hydrogen (secondary N) is 1. The van der Waals surface area contributed by atoms with Gasteiger partial charge in [0.1, 0.15) is 4.90 Å². The van der Waals surface area contributed by atoms with Gasteiger partial charge < -0.3 is 0 Å². The Hall–Kier alpha value is -1.67. The van der Waals surface area contributed by atoms with E-state index >= 15 is 0 Å². The minimum absolute atomic E-state index is 0.0463. The van der Waals surface area contributed by atoms with Gasteiger partial charge in [0.05, 0.1) is 23.6 Å². The maximum absolute atomic E-state index is 12.0. The number of sulfone groups is 1. The van der Waals surface area contributed by atoms with E-state index in [-0.39, 0.29) is 6.04 Å². The lowest BCUT2D eigenvalue weighted by Crippen LogP contribution is -2.34. The molecule has 1 aliphatic rings. The lowest BCUT2D eigenvalue weighted by atomic mass is 9.98. The van der Waals surface area contributed by atoms with Crippen molar-refractivity contribution in [3.63, 3.8) is 0 Å². The van der Waals surface area contributed by atoms with Crippen LogP contribution in [0.4, 0.5) is 0 Å². The summed E-state index contributed by atoms with van der Waals surface area (Å²) < 4.78 is 26.0. The molecule has 1 atom stereocenters. The molecule has 0 spiro atoms. The van der Waals surface area contributed by atoms with Crippen LogP contribution < -0.4 is 0 Å². The molecule has 2 aromatic rings. The monoisotopic (exact) mass is 351 g/mol. The fourth-order valence-corrected chi connectivity index (χ4v) is 4.40. The smallest absolute Gasteiger partial charge is 0.178 e. The SMILES string of the molecule is Cc1nn(C)c(C)c1CN1CCCC[C@@H]1c1[nH]ncc1S(C)(=O)=O. The third-order valence-electron chi connectivity index (χ3n) is 5.00. The Morgan fingerprint density at radius 1 is 1.33 bits per heavy atom. The molecule has 3 heterocycles. The molecular formula is C16H25N5O2S. The lowest BCUT2D eigenvalue weighted by Gasteiger charge is -2.35. The molecule has 2 aromatic heterocycles. The van der Waals surface area contributed by atoms with Gasteiger partial charge in [-0.15, -0.1) is 0 Å². The molecule has 0 amide bonds. The van der Waals surface area contributed by atoms with Crippen LogP contribution in [0.5, 0.6) is 0 Å². The van der Waals surface area contributed by atoms with Crippen LogP contribution in [0, 0.1) is 13.8 Å². The van der Waals surface area contributed by atoms with Crippen LogP contribution >= 0.6 is 0 Å². The van der Waals surface area contributed by atoms with Crippen molar-refractivity contribution < 1.29 is 8.42 Å². The maximum Gasteiger partial charge on any atom is 0.178 e. The van der Waals surface area contributed by atoms with Crippen molar-refractivity contribution in [2.24, 2.45) is 7.05 Å². The van der Waals surface area contributed by atoms with E-state index in [9.17, 15) is 8.42 Å². The van der Waals surface area contributed by atoms with Gasteiger partial charge in [-0.3, -0.25) is 14.7 Å². The molecule has 1 saturated heterocycles. The van der Waals surface area contributed by atoms with Crippen molar-refractivity contribution in [2.45, 2.75) is 50.6 Å².